The van der Waals surface area contributed by atoms with E-state index >= 15 is 0 Å². The van der Waals surface area contributed by atoms with Crippen LogP contribution in [0, 0.1) is 0 Å². The molecule has 0 unspecified atom stereocenters. The molecule has 0 rings (SSSR count). The molecule has 0 spiro atoms. The molecule has 1 N–H and O–H groups in total. The quantitative estimate of drug-likeness (QED) is 0.689. The second-order valence-electron chi connectivity index (χ2n) is 0.827. The number of hydrogen-bond acceptors (Lipinski definition) is 2. The van der Waals surface area contributed by atoms with Crippen molar-refractivity contribution in [2.24, 2.45) is 0 Å². The predicted molar refractivity (Wildman–Crippen MR) is 25.3 cm³/mol. The van der Waals surface area contributed by atoms with Crippen molar-refractivity contribution in [1.29, 1.82) is 0 Å². The van der Waals surface area contributed by atoms with Crippen LogP contribution < -0.4 is 0 Å². The number of carboxylic acid groups (broad SMARTS) is 1. The fourth-order valence-corrected chi connectivity index (χ4v) is 0.123. The third-order valence-corrected chi connectivity index (χ3v) is 0.268. The molecule has 0 aliphatic heterocycles. The molecule has 0 aromatic carbocycles. The molecular weight excluding hydrogens is 293 g/mol. The van der Waals surface area contributed by atoms with E-state index < -0.39 is 5.97 Å². The van der Waals surface area contributed by atoms with Crippen molar-refractivity contribution in [1.82, 2.24) is 0 Å². The minimum Gasteiger partial charge on any atom is -0.480 e. The Morgan fingerprint density at radius 2 is 2.29 bits per heavy atom. The third kappa shape index (κ3) is 10.7. The van der Waals surface area contributed by atoms with Crippen molar-refractivity contribution in [2.75, 3.05) is 13.7 Å². The number of rotatable bonds is 2. The van der Waals surface area contributed by atoms with Gasteiger partial charge in [-0.15, -0.1) is 0 Å². The molecule has 0 bridgehead atoms. The van der Waals surface area contributed by atoms with Gasteiger partial charge < -0.3 is 9.84 Å². The standard InChI is InChI=1S/C3H6O3.Bi/c1-6-2-3(4)5;/h2H2,1H3,(H,4,5);/q;+3. The first-order valence-corrected chi connectivity index (χ1v) is 1.48. The van der Waals surface area contributed by atoms with E-state index in [1.165, 1.54) is 7.11 Å². The Hall–Kier alpha value is 0.313. The van der Waals surface area contributed by atoms with E-state index in [0.717, 1.165) is 0 Å². The molecule has 2 radical (unpaired) electrons. The van der Waals surface area contributed by atoms with Gasteiger partial charge in [-0.25, -0.2) is 4.79 Å². The summed E-state index contributed by atoms with van der Waals surface area (Å²) in [7, 11) is 1.34. The van der Waals surface area contributed by atoms with Crippen LogP contribution >= 0.6 is 0 Å². The molecule has 0 aromatic heterocycles. The smallest absolute Gasteiger partial charge is 0.480 e. The molecule has 7 heavy (non-hydrogen) atoms. The van der Waals surface area contributed by atoms with Crippen LogP contribution in [-0.2, 0) is 9.53 Å². The number of methoxy groups -OCH3 is 1. The van der Waals surface area contributed by atoms with E-state index in [4.69, 9.17) is 5.11 Å². The first-order valence-electron chi connectivity index (χ1n) is 1.48. The number of carboxylic acids is 1. The summed E-state index contributed by atoms with van der Waals surface area (Å²) >= 11 is 0. The molecule has 4 heteroatoms. The topological polar surface area (TPSA) is 46.5 Å². The first-order chi connectivity index (χ1) is 2.77. The average Bonchev–Trinajstić information content (AvgIpc) is 1.35. The number of aliphatic carboxylic acids is 1. The molecule has 0 aliphatic carbocycles. The van der Waals surface area contributed by atoms with Gasteiger partial charge in [0.05, 0.1) is 0 Å². The van der Waals surface area contributed by atoms with E-state index in [-0.39, 0.29) is 32.8 Å². The third-order valence-electron chi connectivity index (χ3n) is 0.268. The van der Waals surface area contributed by atoms with Crippen LogP contribution in [0.3, 0.4) is 0 Å². The zero-order valence-electron chi connectivity index (χ0n) is 3.92. The molecule has 3 nitrogen and oxygen atoms in total. The summed E-state index contributed by atoms with van der Waals surface area (Å²) in [6.45, 7) is -0.208. The second-order valence-corrected chi connectivity index (χ2v) is 0.827. The Morgan fingerprint density at radius 1 is 1.86 bits per heavy atom. The summed E-state index contributed by atoms with van der Waals surface area (Å²) in [5.41, 5.74) is 0. The minimum absolute atomic E-state index is 0. The summed E-state index contributed by atoms with van der Waals surface area (Å²) in [4.78, 5) is 9.47. The number of ether oxygens (including phenoxy) is 1. The molecule has 0 atom stereocenters. The Labute approximate surface area is 60.8 Å². The van der Waals surface area contributed by atoms with Crippen molar-refractivity contribution in [2.45, 2.75) is 0 Å². The van der Waals surface area contributed by atoms with E-state index in [0.29, 0.717) is 0 Å². The second kappa shape index (κ2) is 6.31. The van der Waals surface area contributed by atoms with Gasteiger partial charge in [-0.1, -0.05) is 0 Å². The van der Waals surface area contributed by atoms with E-state index in [1.54, 1.807) is 0 Å². The zero-order chi connectivity index (χ0) is 4.99. The van der Waals surface area contributed by atoms with Crippen LogP contribution in [0.1, 0.15) is 0 Å². The maximum absolute atomic E-state index is 9.47. The monoisotopic (exact) mass is 299 g/mol. The van der Waals surface area contributed by atoms with Gasteiger partial charge in [-0.05, 0) is 0 Å². The SMILES string of the molecule is COCC(=O)O.[Bi+3]. The number of carbonyl (C=O) groups is 1. The van der Waals surface area contributed by atoms with E-state index in [9.17, 15) is 4.79 Å². The molecule has 38 valence electrons. The van der Waals surface area contributed by atoms with Crippen LogP contribution in [0.2, 0.25) is 0 Å². The van der Waals surface area contributed by atoms with Gasteiger partial charge in [0.15, 0.2) is 0 Å². The summed E-state index contributed by atoms with van der Waals surface area (Å²) in [6, 6.07) is 0. The zero-order valence-corrected chi connectivity index (χ0v) is 7.40. The van der Waals surface area contributed by atoms with Gasteiger partial charge in [-0.3, -0.25) is 0 Å². The average molecular weight is 299 g/mol. The van der Waals surface area contributed by atoms with Crippen molar-refractivity contribution in [3.05, 3.63) is 0 Å². The number of hydrogen-bond donors (Lipinski definition) is 1. The maximum atomic E-state index is 9.47. The molecule has 0 saturated carbocycles. The van der Waals surface area contributed by atoms with E-state index in [1.807, 2.05) is 0 Å². The van der Waals surface area contributed by atoms with Gasteiger partial charge >= 0.3 is 32.2 Å². The summed E-state index contributed by atoms with van der Waals surface area (Å²) in [5, 5.41) is 7.79. The molecule has 0 saturated heterocycles. The van der Waals surface area contributed by atoms with Gasteiger partial charge in [0.25, 0.3) is 0 Å². The Bertz CT molecular complexity index is 54.1. The van der Waals surface area contributed by atoms with Gasteiger partial charge in [0, 0.05) is 7.11 Å². The van der Waals surface area contributed by atoms with Crippen LogP contribution in [0.4, 0.5) is 0 Å². The summed E-state index contributed by atoms with van der Waals surface area (Å²) in [6.07, 6.45) is 0. The Kier molecular flexibility index (Phi) is 9.31. The van der Waals surface area contributed by atoms with Gasteiger partial charge in [-0.2, -0.15) is 0 Å². The van der Waals surface area contributed by atoms with Crippen LogP contribution in [0.5, 0.6) is 0 Å². The van der Waals surface area contributed by atoms with Gasteiger partial charge in [0.2, 0.25) is 0 Å². The Balaban J connectivity index is 0. The summed E-state index contributed by atoms with van der Waals surface area (Å²) < 4.78 is 4.20. The normalized spacial score (nSPS) is 7.00. The molecule has 0 aliphatic rings. The molecular formula is C3H6BiO3+3. The van der Waals surface area contributed by atoms with Crippen molar-refractivity contribution in [3.8, 4) is 0 Å². The Morgan fingerprint density at radius 3 is 2.29 bits per heavy atom. The van der Waals surface area contributed by atoms with Crippen LogP contribution in [0.15, 0.2) is 0 Å². The molecule has 0 amide bonds. The summed E-state index contributed by atoms with van der Waals surface area (Å²) in [5.74, 6) is -0.933. The predicted octanol–water partition coefficient (Wildman–Crippen LogP) is -0.663. The van der Waals surface area contributed by atoms with Crippen LogP contribution in [-0.4, -0.2) is 51.0 Å². The van der Waals surface area contributed by atoms with Crippen molar-refractivity contribution < 1.29 is 14.6 Å². The molecule has 0 fully saturated rings. The van der Waals surface area contributed by atoms with Crippen molar-refractivity contribution in [3.63, 3.8) is 0 Å². The largest absolute Gasteiger partial charge is 3.00 e. The van der Waals surface area contributed by atoms with Crippen LogP contribution in [0.25, 0.3) is 0 Å². The van der Waals surface area contributed by atoms with Gasteiger partial charge in [0.1, 0.15) is 6.61 Å². The van der Waals surface area contributed by atoms with E-state index in [2.05, 4.69) is 4.74 Å². The molecule has 0 heterocycles. The maximum Gasteiger partial charge on any atom is 3.00 e. The fraction of sp³-hybridized carbons (Fsp3) is 0.667. The molecule has 0 aromatic rings. The minimum atomic E-state index is -0.933. The van der Waals surface area contributed by atoms with Crippen molar-refractivity contribution >= 4 is 32.2 Å². The first kappa shape index (κ1) is 10.3. The fourth-order valence-electron chi connectivity index (χ4n) is 0.123.